The van der Waals surface area contributed by atoms with Gasteiger partial charge in [-0.25, -0.2) is 4.39 Å². The quantitative estimate of drug-likeness (QED) is 0.744. The maximum Gasteiger partial charge on any atom is 0.123 e. The molecule has 0 radical (unpaired) electrons. The monoisotopic (exact) mass is 360 g/mol. The van der Waals surface area contributed by atoms with Crippen LogP contribution in [0.5, 0.6) is 0 Å². The van der Waals surface area contributed by atoms with Gasteiger partial charge in [-0.15, -0.1) is 0 Å². The number of hydrogen-bond donors (Lipinski definition) is 2. The molecule has 0 aromatic heterocycles. The van der Waals surface area contributed by atoms with Crippen molar-refractivity contribution >= 4 is 5.70 Å². The molecule has 2 aromatic rings. The Morgan fingerprint density at radius 3 is 2.48 bits per heavy atom. The molecule has 0 spiro atoms. The van der Waals surface area contributed by atoms with Crippen molar-refractivity contribution in [3.8, 4) is 0 Å². The maximum absolute atomic E-state index is 13.5. The minimum Gasteiger partial charge on any atom is -0.362 e. The maximum atomic E-state index is 13.5. The van der Waals surface area contributed by atoms with Gasteiger partial charge in [0.1, 0.15) is 5.82 Å². The Labute approximate surface area is 160 Å². The number of allylic oxidation sites excluding steroid dienone is 2. The van der Waals surface area contributed by atoms with E-state index in [2.05, 4.69) is 49.8 Å². The van der Waals surface area contributed by atoms with Crippen molar-refractivity contribution in [2.24, 2.45) is 0 Å². The molecule has 2 N–H and O–H groups in total. The van der Waals surface area contributed by atoms with Gasteiger partial charge in [-0.05, 0) is 85.4 Å². The van der Waals surface area contributed by atoms with Crippen LogP contribution in [0.3, 0.4) is 0 Å². The molecule has 0 saturated carbocycles. The first-order chi connectivity index (χ1) is 12.8. The SMILES string of the molecule is C=C1C=C(NC(=C)c2cc(C)c(C)cc2Cc2ccc(F)cc2C)C=CN1. The van der Waals surface area contributed by atoms with Crippen LogP contribution in [-0.4, -0.2) is 0 Å². The standard InChI is InChI=1S/C24H25FN2/c1-15-10-21(14-20-6-7-22(25)11-17(20)3)24(12-16(15)2)19(5)27-23-8-9-26-18(4)13-23/h6-13,26-27H,4-5,14H2,1-3H3. The molecular weight excluding hydrogens is 335 g/mol. The van der Waals surface area contributed by atoms with Gasteiger partial charge in [-0.1, -0.05) is 25.3 Å². The molecule has 1 heterocycles. The fourth-order valence-corrected chi connectivity index (χ4v) is 3.20. The highest BCUT2D eigenvalue weighted by atomic mass is 19.1. The Morgan fingerprint density at radius 2 is 1.78 bits per heavy atom. The van der Waals surface area contributed by atoms with Crippen LogP contribution >= 0.6 is 0 Å². The number of dihydropyridines is 1. The third kappa shape index (κ3) is 4.37. The molecule has 2 nitrogen and oxygen atoms in total. The topological polar surface area (TPSA) is 24.1 Å². The van der Waals surface area contributed by atoms with Crippen LogP contribution in [0.4, 0.5) is 4.39 Å². The van der Waals surface area contributed by atoms with Crippen LogP contribution in [0.2, 0.25) is 0 Å². The lowest BCUT2D eigenvalue weighted by atomic mass is 9.92. The second-order valence-electron chi connectivity index (χ2n) is 7.05. The van der Waals surface area contributed by atoms with E-state index in [0.717, 1.165) is 40.2 Å². The average Bonchev–Trinajstić information content (AvgIpc) is 2.60. The molecule has 0 aliphatic carbocycles. The Bertz CT molecular complexity index is 980. The molecule has 0 atom stereocenters. The van der Waals surface area contributed by atoms with E-state index in [1.807, 2.05) is 31.3 Å². The van der Waals surface area contributed by atoms with Crippen LogP contribution in [0.25, 0.3) is 5.70 Å². The van der Waals surface area contributed by atoms with Gasteiger partial charge < -0.3 is 10.6 Å². The van der Waals surface area contributed by atoms with Crippen molar-refractivity contribution in [1.29, 1.82) is 0 Å². The molecule has 0 amide bonds. The summed E-state index contributed by atoms with van der Waals surface area (Å²) in [5.41, 5.74) is 9.35. The van der Waals surface area contributed by atoms with Crippen LogP contribution < -0.4 is 10.6 Å². The van der Waals surface area contributed by atoms with Crippen molar-refractivity contribution in [3.63, 3.8) is 0 Å². The van der Waals surface area contributed by atoms with E-state index in [4.69, 9.17) is 0 Å². The van der Waals surface area contributed by atoms with E-state index in [1.54, 1.807) is 6.07 Å². The van der Waals surface area contributed by atoms with Crippen molar-refractivity contribution in [3.05, 3.63) is 112 Å². The number of benzene rings is 2. The minimum atomic E-state index is -0.201. The molecule has 0 fully saturated rings. The second kappa shape index (κ2) is 7.67. The molecule has 1 aliphatic rings. The molecule has 3 heteroatoms. The van der Waals surface area contributed by atoms with E-state index in [0.29, 0.717) is 0 Å². The fraction of sp³-hybridized carbons (Fsp3) is 0.167. The number of hydrogen-bond acceptors (Lipinski definition) is 2. The molecule has 0 saturated heterocycles. The second-order valence-corrected chi connectivity index (χ2v) is 7.05. The Kier molecular flexibility index (Phi) is 5.31. The minimum absolute atomic E-state index is 0.201. The highest BCUT2D eigenvalue weighted by Gasteiger charge is 2.12. The first-order valence-corrected chi connectivity index (χ1v) is 8.98. The average molecular weight is 360 g/mol. The van der Waals surface area contributed by atoms with Gasteiger partial charge in [-0.2, -0.15) is 0 Å². The Hall–Kier alpha value is -3.07. The first kappa shape index (κ1) is 18.7. The zero-order chi connectivity index (χ0) is 19.6. The van der Waals surface area contributed by atoms with Crippen LogP contribution in [0.15, 0.2) is 73.2 Å². The van der Waals surface area contributed by atoms with E-state index in [9.17, 15) is 4.39 Å². The summed E-state index contributed by atoms with van der Waals surface area (Å²) in [5.74, 6) is -0.201. The van der Waals surface area contributed by atoms with Gasteiger partial charge in [0.25, 0.3) is 0 Å². The highest BCUT2D eigenvalue weighted by Crippen LogP contribution is 2.26. The lowest BCUT2D eigenvalue weighted by Gasteiger charge is -2.19. The molecule has 3 rings (SSSR count). The predicted octanol–water partition coefficient (Wildman–Crippen LogP) is 5.42. The summed E-state index contributed by atoms with van der Waals surface area (Å²) in [6.45, 7) is 14.3. The van der Waals surface area contributed by atoms with Gasteiger partial charge in [0, 0.05) is 28.9 Å². The van der Waals surface area contributed by atoms with Gasteiger partial charge in [-0.3, -0.25) is 0 Å². The van der Waals surface area contributed by atoms with Crippen molar-refractivity contribution < 1.29 is 4.39 Å². The van der Waals surface area contributed by atoms with Gasteiger partial charge >= 0.3 is 0 Å². The summed E-state index contributed by atoms with van der Waals surface area (Å²) in [5, 5.41) is 6.43. The largest absolute Gasteiger partial charge is 0.362 e. The predicted molar refractivity (Wildman–Crippen MR) is 112 cm³/mol. The van der Waals surface area contributed by atoms with Crippen LogP contribution in [0, 0.1) is 26.6 Å². The third-order valence-corrected chi connectivity index (χ3v) is 4.89. The molecular formula is C24H25FN2. The third-order valence-electron chi connectivity index (χ3n) is 4.89. The Balaban J connectivity index is 1.94. The molecule has 0 bridgehead atoms. The molecule has 1 aliphatic heterocycles. The fourth-order valence-electron chi connectivity index (χ4n) is 3.20. The summed E-state index contributed by atoms with van der Waals surface area (Å²) in [4.78, 5) is 0. The molecule has 2 aromatic carbocycles. The summed E-state index contributed by atoms with van der Waals surface area (Å²) in [6, 6.07) is 9.33. The van der Waals surface area contributed by atoms with E-state index >= 15 is 0 Å². The number of nitrogens with one attached hydrogen (secondary N) is 2. The van der Waals surface area contributed by atoms with Crippen LogP contribution in [0.1, 0.15) is 33.4 Å². The van der Waals surface area contributed by atoms with Crippen molar-refractivity contribution in [2.75, 3.05) is 0 Å². The van der Waals surface area contributed by atoms with E-state index in [-0.39, 0.29) is 5.82 Å². The van der Waals surface area contributed by atoms with E-state index < -0.39 is 0 Å². The zero-order valence-electron chi connectivity index (χ0n) is 16.1. The molecule has 138 valence electrons. The van der Waals surface area contributed by atoms with Gasteiger partial charge in [0.2, 0.25) is 0 Å². The highest BCUT2D eigenvalue weighted by molar-refractivity contribution is 5.69. The molecule has 27 heavy (non-hydrogen) atoms. The normalized spacial score (nSPS) is 13.2. The van der Waals surface area contributed by atoms with Crippen LogP contribution in [-0.2, 0) is 6.42 Å². The van der Waals surface area contributed by atoms with Gasteiger partial charge in [0.15, 0.2) is 0 Å². The summed E-state index contributed by atoms with van der Waals surface area (Å²) in [7, 11) is 0. The van der Waals surface area contributed by atoms with Gasteiger partial charge in [0.05, 0.1) is 0 Å². The number of aryl methyl sites for hydroxylation is 3. The lowest BCUT2D eigenvalue weighted by Crippen LogP contribution is -2.16. The summed E-state index contributed by atoms with van der Waals surface area (Å²) in [6.07, 6.45) is 6.47. The smallest absolute Gasteiger partial charge is 0.123 e. The van der Waals surface area contributed by atoms with Crippen molar-refractivity contribution in [2.45, 2.75) is 27.2 Å². The number of rotatable bonds is 5. The number of halogens is 1. The molecule has 0 unspecified atom stereocenters. The summed E-state index contributed by atoms with van der Waals surface area (Å²) < 4.78 is 13.5. The van der Waals surface area contributed by atoms with Crippen molar-refractivity contribution in [1.82, 2.24) is 10.6 Å². The first-order valence-electron chi connectivity index (χ1n) is 8.98. The zero-order valence-corrected chi connectivity index (χ0v) is 16.1. The lowest BCUT2D eigenvalue weighted by molar-refractivity contribution is 0.626. The van der Waals surface area contributed by atoms with E-state index in [1.165, 1.54) is 22.8 Å². The Morgan fingerprint density at radius 1 is 1.04 bits per heavy atom. The summed E-state index contributed by atoms with van der Waals surface area (Å²) >= 11 is 0.